The van der Waals surface area contributed by atoms with Gasteiger partial charge in [0.25, 0.3) is 0 Å². The van der Waals surface area contributed by atoms with Crippen molar-refractivity contribution in [2.24, 2.45) is 0 Å². The topological polar surface area (TPSA) is 23.6 Å². The van der Waals surface area contributed by atoms with E-state index in [2.05, 4.69) is 41.8 Å². The number of carbonyl (C=O) groups is 1. The molecule has 0 N–H and O–H groups in total. The van der Waals surface area contributed by atoms with E-state index in [-0.39, 0.29) is 11.2 Å². The summed E-state index contributed by atoms with van der Waals surface area (Å²) in [6.07, 6.45) is 1.72. The summed E-state index contributed by atoms with van der Waals surface area (Å²) in [5.74, 6) is 0.252. The first-order chi connectivity index (χ1) is 8.74. The summed E-state index contributed by atoms with van der Waals surface area (Å²) >= 11 is 4.38. The van der Waals surface area contributed by atoms with Crippen LogP contribution in [0.4, 0.5) is 5.69 Å². The van der Waals surface area contributed by atoms with E-state index in [0.717, 1.165) is 32.6 Å². The minimum Gasteiger partial charge on any atom is -0.369 e. The van der Waals surface area contributed by atoms with E-state index < -0.39 is 0 Å². The van der Waals surface area contributed by atoms with Crippen molar-refractivity contribution in [3.8, 4) is 0 Å². The molecule has 1 atom stereocenters. The lowest BCUT2D eigenvalue weighted by Crippen LogP contribution is -2.35. The Hall–Kier alpha value is -1.16. The predicted molar refractivity (Wildman–Crippen MR) is 76.3 cm³/mol. The normalized spacial score (nSPS) is 22.7. The van der Waals surface area contributed by atoms with Crippen molar-refractivity contribution in [3.63, 3.8) is 0 Å². The van der Waals surface area contributed by atoms with E-state index >= 15 is 0 Å². The van der Waals surface area contributed by atoms with Gasteiger partial charge in [-0.3, -0.25) is 4.79 Å². The number of rotatable bonds is 3. The Morgan fingerprint density at radius 2 is 2.00 bits per heavy atom. The Bertz CT molecular complexity index is 463. The summed E-state index contributed by atoms with van der Waals surface area (Å²) in [6.45, 7) is 3.64. The number of hydrogen-bond donors (Lipinski definition) is 1. The molecule has 3 rings (SSSR count). The maximum atomic E-state index is 11.7. The molecule has 1 fully saturated rings. The molecule has 0 saturated carbocycles. The van der Waals surface area contributed by atoms with E-state index in [0.29, 0.717) is 6.42 Å². The summed E-state index contributed by atoms with van der Waals surface area (Å²) in [6, 6.07) is 8.55. The van der Waals surface area contributed by atoms with Gasteiger partial charge in [-0.05, 0) is 18.1 Å². The Labute approximate surface area is 113 Å². The van der Waals surface area contributed by atoms with Gasteiger partial charge in [-0.25, -0.2) is 0 Å². The molecule has 1 saturated heterocycles. The summed E-state index contributed by atoms with van der Waals surface area (Å²) in [5, 5.41) is 0.225. The predicted octanol–water partition coefficient (Wildman–Crippen LogP) is 1.58. The Morgan fingerprint density at radius 1 is 1.22 bits per heavy atom. The highest BCUT2D eigenvalue weighted by atomic mass is 32.1. The number of nitrogens with zero attached hydrogens (tertiary/aromatic N) is 2. The number of likely N-dealkylation sites (tertiary alicyclic amines) is 1. The second-order valence-corrected chi connectivity index (χ2v) is 5.79. The lowest BCUT2D eigenvalue weighted by atomic mass is 10.2. The maximum Gasteiger partial charge on any atom is 0.223 e. The Balaban J connectivity index is 1.60. The minimum absolute atomic E-state index is 0.225. The molecule has 2 aliphatic rings. The van der Waals surface area contributed by atoms with Crippen LogP contribution in [-0.2, 0) is 11.2 Å². The molecule has 96 valence electrons. The highest BCUT2D eigenvalue weighted by molar-refractivity contribution is 7.81. The van der Waals surface area contributed by atoms with Crippen LogP contribution in [0.25, 0.3) is 0 Å². The number of benzene rings is 1. The van der Waals surface area contributed by atoms with Crippen LogP contribution in [0.15, 0.2) is 24.3 Å². The number of carbonyl (C=O) groups excluding carboxylic acids is 1. The molecule has 4 heteroatoms. The van der Waals surface area contributed by atoms with E-state index in [1.165, 1.54) is 11.3 Å². The molecule has 1 unspecified atom stereocenters. The lowest BCUT2D eigenvalue weighted by molar-refractivity contribution is -0.127. The van der Waals surface area contributed by atoms with Crippen LogP contribution in [0.1, 0.15) is 12.0 Å². The SMILES string of the molecule is O=C1CC(S)CN1CCN1CCc2ccccc21. The molecule has 3 nitrogen and oxygen atoms in total. The Morgan fingerprint density at radius 3 is 2.78 bits per heavy atom. The fraction of sp³-hybridized carbons (Fsp3) is 0.500. The van der Waals surface area contributed by atoms with Crippen LogP contribution in [0.5, 0.6) is 0 Å². The second kappa shape index (κ2) is 4.84. The van der Waals surface area contributed by atoms with E-state index in [9.17, 15) is 4.79 Å². The monoisotopic (exact) mass is 262 g/mol. The molecular formula is C14H18N2OS. The average Bonchev–Trinajstić information content (AvgIpc) is 2.90. The number of para-hydroxylation sites is 1. The van der Waals surface area contributed by atoms with Crippen LogP contribution in [0, 0.1) is 0 Å². The van der Waals surface area contributed by atoms with Gasteiger partial charge in [-0.15, -0.1) is 0 Å². The first kappa shape index (κ1) is 11.9. The van der Waals surface area contributed by atoms with Crippen LogP contribution in [-0.4, -0.2) is 42.2 Å². The average molecular weight is 262 g/mol. The van der Waals surface area contributed by atoms with Crippen molar-refractivity contribution in [2.75, 3.05) is 31.1 Å². The van der Waals surface area contributed by atoms with E-state index in [4.69, 9.17) is 0 Å². The van der Waals surface area contributed by atoms with Gasteiger partial charge in [0.2, 0.25) is 5.91 Å². The van der Waals surface area contributed by atoms with Gasteiger partial charge in [-0.2, -0.15) is 12.6 Å². The molecule has 0 bridgehead atoms. The van der Waals surface area contributed by atoms with Gasteiger partial charge in [0.15, 0.2) is 0 Å². The van der Waals surface area contributed by atoms with Gasteiger partial charge in [0.1, 0.15) is 0 Å². The third kappa shape index (κ3) is 2.21. The highest BCUT2D eigenvalue weighted by Crippen LogP contribution is 2.27. The number of hydrogen-bond acceptors (Lipinski definition) is 3. The third-order valence-electron chi connectivity index (χ3n) is 3.82. The standard InChI is InChI=1S/C14H18N2OS/c17-14-9-12(18)10-16(14)8-7-15-6-5-11-3-1-2-4-13(11)15/h1-4,12,18H,5-10H2. The zero-order valence-corrected chi connectivity index (χ0v) is 11.3. The van der Waals surface area contributed by atoms with Crippen LogP contribution >= 0.6 is 12.6 Å². The first-order valence-corrected chi connectivity index (χ1v) is 7.04. The summed E-state index contributed by atoms with van der Waals surface area (Å²) < 4.78 is 0. The molecule has 1 aromatic carbocycles. The van der Waals surface area contributed by atoms with Crippen molar-refractivity contribution >= 4 is 24.2 Å². The van der Waals surface area contributed by atoms with Crippen molar-refractivity contribution in [1.82, 2.24) is 4.90 Å². The smallest absolute Gasteiger partial charge is 0.223 e. The first-order valence-electron chi connectivity index (χ1n) is 6.53. The van der Waals surface area contributed by atoms with Gasteiger partial charge in [0.05, 0.1) is 0 Å². The third-order valence-corrected chi connectivity index (χ3v) is 4.16. The van der Waals surface area contributed by atoms with Gasteiger partial charge >= 0.3 is 0 Å². The number of anilines is 1. The molecular weight excluding hydrogens is 244 g/mol. The molecule has 1 amide bonds. The Kier molecular flexibility index (Phi) is 3.20. The van der Waals surface area contributed by atoms with Crippen molar-refractivity contribution in [1.29, 1.82) is 0 Å². The molecule has 0 radical (unpaired) electrons. The van der Waals surface area contributed by atoms with Crippen LogP contribution in [0.2, 0.25) is 0 Å². The lowest BCUT2D eigenvalue weighted by Gasteiger charge is -2.23. The molecule has 18 heavy (non-hydrogen) atoms. The maximum absolute atomic E-state index is 11.7. The largest absolute Gasteiger partial charge is 0.369 e. The van der Waals surface area contributed by atoms with Crippen molar-refractivity contribution in [3.05, 3.63) is 29.8 Å². The quantitative estimate of drug-likeness (QED) is 0.836. The van der Waals surface area contributed by atoms with Crippen LogP contribution < -0.4 is 4.90 Å². The van der Waals surface area contributed by atoms with E-state index in [1.807, 2.05) is 4.90 Å². The zero-order chi connectivity index (χ0) is 12.5. The molecule has 0 aromatic heterocycles. The zero-order valence-electron chi connectivity index (χ0n) is 10.4. The number of fused-ring (bicyclic) bond motifs is 1. The van der Waals surface area contributed by atoms with Gasteiger partial charge < -0.3 is 9.80 Å². The van der Waals surface area contributed by atoms with E-state index in [1.54, 1.807) is 0 Å². The van der Waals surface area contributed by atoms with Crippen molar-refractivity contribution in [2.45, 2.75) is 18.1 Å². The molecule has 0 spiro atoms. The minimum atomic E-state index is 0.225. The fourth-order valence-corrected chi connectivity index (χ4v) is 3.20. The molecule has 0 aliphatic carbocycles. The number of amides is 1. The summed E-state index contributed by atoms with van der Waals surface area (Å²) in [7, 11) is 0. The molecule has 2 heterocycles. The number of thiol groups is 1. The molecule has 2 aliphatic heterocycles. The van der Waals surface area contributed by atoms with Gasteiger partial charge in [-0.1, -0.05) is 18.2 Å². The summed E-state index contributed by atoms with van der Waals surface area (Å²) in [5.41, 5.74) is 2.77. The fourth-order valence-electron chi connectivity index (χ4n) is 2.85. The highest BCUT2D eigenvalue weighted by Gasteiger charge is 2.27. The second-order valence-electron chi connectivity index (χ2n) is 5.06. The van der Waals surface area contributed by atoms with Gasteiger partial charge in [0, 0.05) is 43.5 Å². The molecule has 1 aromatic rings. The van der Waals surface area contributed by atoms with Crippen molar-refractivity contribution < 1.29 is 4.79 Å². The van der Waals surface area contributed by atoms with Crippen LogP contribution in [0.3, 0.4) is 0 Å². The summed E-state index contributed by atoms with van der Waals surface area (Å²) in [4.78, 5) is 16.0.